The van der Waals surface area contributed by atoms with E-state index in [-0.39, 0.29) is 16.7 Å². The Kier molecular flexibility index (Phi) is 3.43. The molecule has 18 heavy (non-hydrogen) atoms. The molecule has 0 aliphatic rings. The summed E-state index contributed by atoms with van der Waals surface area (Å²) in [6.07, 6.45) is 1.44. The van der Waals surface area contributed by atoms with Crippen LogP contribution in [0.5, 0.6) is 0 Å². The van der Waals surface area contributed by atoms with E-state index >= 15 is 0 Å². The monoisotopic (exact) mass is 260 g/mol. The number of benzene rings is 1. The van der Waals surface area contributed by atoms with Crippen molar-refractivity contribution in [3.05, 3.63) is 53.5 Å². The SMILES string of the molecule is Cc1cccc(NC(=O)c2ccco2)c1C(N)=S. The summed E-state index contributed by atoms with van der Waals surface area (Å²) < 4.78 is 5.02. The van der Waals surface area contributed by atoms with Gasteiger partial charge in [-0.25, -0.2) is 0 Å². The first-order valence-corrected chi connectivity index (χ1v) is 5.74. The van der Waals surface area contributed by atoms with Gasteiger partial charge >= 0.3 is 0 Å². The number of carbonyl (C=O) groups is 1. The Morgan fingerprint density at radius 3 is 2.72 bits per heavy atom. The topological polar surface area (TPSA) is 68.3 Å². The number of anilines is 1. The Morgan fingerprint density at radius 1 is 1.33 bits per heavy atom. The lowest BCUT2D eigenvalue weighted by Crippen LogP contribution is -2.18. The molecule has 0 bridgehead atoms. The summed E-state index contributed by atoms with van der Waals surface area (Å²) in [7, 11) is 0. The van der Waals surface area contributed by atoms with Gasteiger partial charge in [-0.05, 0) is 30.7 Å². The first-order chi connectivity index (χ1) is 8.59. The van der Waals surface area contributed by atoms with Gasteiger partial charge in [0.2, 0.25) is 0 Å². The van der Waals surface area contributed by atoms with Crippen LogP contribution in [0.4, 0.5) is 5.69 Å². The minimum absolute atomic E-state index is 0.241. The summed E-state index contributed by atoms with van der Waals surface area (Å²) in [5, 5.41) is 2.73. The van der Waals surface area contributed by atoms with Gasteiger partial charge in [0, 0.05) is 5.56 Å². The van der Waals surface area contributed by atoms with Crippen molar-refractivity contribution in [1.82, 2.24) is 0 Å². The summed E-state index contributed by atoms with van der Waals surface area (Å²) in [6, 6.07) is 8.71. The normalized spacial score (nSPS) is 10.1. The smallest absolute Gasteiger partial charge is 0.291 e. The summed E-state index contributed by atoms with van der Waals surface area (Å²) in [6.45, 7) is 1.89. The lowest BCUT2D eigenvalue weighted by atomic mass is 10.1. The number of amides is 1. The van der Waals surface area contributed by atoms with Gasteiger partial charge in [0.05, 0.1) is 12.0 Å². The molecule has 92 valence electrons. The predicted molar refractivity (Wildman–Crippen MR) is 73.7 cm³/mol. The number of nitrogens with one attached hydrogen (secondary N) is 1. The van der Waals surface area contributed by atoms with Crippen molar-refractivity contribution in [1.29, 1.82) is 0 Å². The molecule has 0 atom stereocenters. The van der Waals surface area contributed by atoms with Crippen LogP contribution in [0.15, 0.2) is 41.0 Å². The molecular formula is C13H12N2O2S. The average Bonchev–Trinajstić information content (AvgIpc) is 2.81. The van der Waals surface area contributed by atoms with Crippen molar-refractivity contribution in [3.63, 3.8) is 0 Å². The highest BCUT2D eigenvalue weighted by Gasteiger charge is 2.13. The Bertz CT molecular complexity index is 591. The van der Waals surface area contributed by atoms with Gasteiger partial charge in [-0.3, -0.25) is 4.79 Å². The van der Waals surface area contributed by atoms with E-state index in [0.717, 1.165) is 5.56 Å². The standard InChI is InChI=1S/C13H12N2O2S/c1-8-4-2-5-9(11(8)12(14)18)15-13(16)10-6-3-7-17-10/h2-7H,1H3,(H2,14,18)(H,15,16). The highest BCUT2D eigenvalue weighted by atomic mass is 32.1. The molecule has 0 unspecified atom stereocenters. The molecule has 1 aromatic heterocycles. The van der Waals surface area contributed by atoms with Crippen LogP contribution in [-0.4, -0.2) is 10.9 Å². The zero-order chi connectivity index (χ0) is 13.1. The quantitative estimate of drug-likeness (QED) is 0.832. The second kappa shape index (κ2) is 5.01. The number of hydrogen-bond donors (Lipinski definition) is 2. The lowest BCUT2D eigenvalue weighted by Gasteiger charge is -2.11. The zero-order valence-electron chi connectivity index (χ0n) is 9.77. The van der Waals surface area contributed by atoms with E-state index in [2.05, 4.69) is 5.32 Å². The Balaban J connectivity index is 2.32. The fourth-order valence-electron chi connectivity index (χ4n) is 1.69. The molecule has 0 saturated carbocycles. The summed E-state index contributed by atoms with van der Waals surface area (Å²) >= 11 is 4.99. The Morgan fingerprint density at radius 2 is 2.11 bits per heavy atom. The predicted octanol–water partition coefficient (Wildman–Crippen LogP) is 2.47. The van der Waals surface area contributed by atoms with E-state index in [1.165, 1.54) is 6.26 Å². The van der Waals surface area contributed by atoms with E-state index in [4.69, 9.17) is 22.4 Å². The average molecular weight is 260 g/mol. The second-order valence-electron chi connectivity index (χ2n) is 3.79. The maximum atomic E-state index is 11.9. The van der Waals surface area contributed by atoms with Crippen molar-refractivity contribution >= 4 is 28.8 Å². The van der Waals surface area contributed by atoms with E-state index < -0.39 is 0 Å². The Hall–Kier alpha value is -2.14. The largest absolute Gasteiger partial charge is 0.459 e. The van der Waals surface area contributed by atoms with E-state index in [0.29, 0.717) is 11.3 Å². The van der Waals surface area contributed by atoms with Crippen LogP contribution in [0, 0.1) is 6.92 Å². The number of hydrogen-bond acceptors (Lipinski definition) is 3. The number of aryl methyl sites for hydroxylation is 1. The number of rotatable bonds is 3. The molecule has 0 fully saturated rings. The van der Waals surface area contributed by atoms with Crippen LogP contribution in [0.3, 0.4) is 0 Å². The van der Waals surface area contributed by atoms with Crippen LogP contribution in [-0.2, 0) is 0 Å². The maximum Gasteiger partial charge on any atom is 0.291 e. The third-order valence-electron chi connectivity index (χ3n) is 2.51. The van der Waals surface area contributed by atoms with Crippen molar-refractivity contribution in [2.75, 3.05) is 5.32 Å². The fourth-order valence-corrected chi connectivity index (χ4v) is 1.96. The van der Waals surface area contributed by atoms with Gasteiger partial charge in [-0.15, -0.1) is 0 Å². The number of nitrogens with two attached hydrogens (primary N) is 1. The fraction of sp³-hybridized carbons (Fsp3) is 0.0769. The van der Waals surface area contributed by atoms with Gasteiger partial charge in [0.25, 0.3) is 5.91 Å². The summed E-state index contributed by atoms with van der Waals surface area (Å²) in [5.41, 5.74) is 7.84. The minimum atomic E-state index is -0.330. The molecule has 0 saturated heterocycles. The molecule has 2 aromatic rings. The third-order valence-corrected chi connectivity index (χ3v) is 2.72. The molecule has 1 aromatic carbocycles. The van der Waals surface area contributed by atoms with Crippen molar-refractivity contribution in [3.8, 4) is 0 Å². The van der Waals surface area contributed by atoms with Gasteiger partial charge in [0.15, 0.2) is 5.76 Å². The first-order valence-electron chi connectivity index (χ1n) is 5.34. The molecule has 5 heteroatoms. The van der Waals surface area contributed by atoms with Crippen molar-refractivity contribution in [2.45, 2.75) is 6.92 Å². The number of thiocarbonyl (C=S) groups is 1. The van der Waals surface area contributed by atoms with Gasteiger partial charge < -0.3 is 15.5 Å². The number of furan rings is 1. The van der Waals surface area contributed by atoms with Crippen LogP contribution < -0.4 is 11.1 Å². The first kappa shape index (κ1) is 12.3. The molecule has 1 heterocycles. The molecule has 0 aliphatic carbocycles. The molecule has 0 radical (unpaired) electrons. The van der Waals surface area contributed by atoms with Gasteiger partial charge in [-0.1, -0.05) is 24.4 Å². The summed E-state index contributed by atoms with van der Waals surface area (Å²) in [4.78, 5) is 12.1. The highest BCUT2D eigenvalue weighted by molar-refractivity contribution is 7.80. The van der Waals surface area contributed by atoms with Crippen LogP contribution in [0.25, 0.3) is 0 Å². The second-order valence-corrected chi connectivity index (χ2v) is 4.23. The van der Waals surface area contributed by atoms with Crippen LogP contribution in [0.1, 0.15) is 21.7 Å². The lowest BCUT2D eigenvalue weighted by molar-refractivity contribution is 0.0996. The van der Waals surface area contributed by atoms with Gasteiger partial charge in [-0.2, -0.15) is 0 Å². The maximum absolute atomic E-state index is 11.9. The van der Waals surface area contributed by atoms with Crippen molar-refractivity contribution < 1.29 is 9.21 Å². The molecule has 1 amide bonds. The summed E-state index contributed by atoms with van der Waals surface area (Å²) in [5.74, 6) is -0.0894. The third kappa shape index (κ3) is 2.41. The number of carbonyl (C=O) groups excluding carboxylic acids is 1. The molecule has 3 N–H and O–H groups in total. The highest BCUT2D eigenvalue weighted by Crippen LogP contribution is 2.20. The van der Waals surface area contributed by atoms with Gasteiger partial charge in [0.1, 0.15) is 4.99 Å². The minimum Gasteiger partial charge on any atom is -0.459 e. The molecular weight excluding hydrogens is 248 g/mol. The van der Waals surface area contributed by atoms with E-state index in [1.54, 1.807) is 18.2 Å². The molecule has 2 rings (SSSR count). The molecule has 4 nitrogen and oxygen atoms in total. The Labute approximate surface area is 110 Å². The van der Waals surface area contributed by atoms with E-state index in [1.807, 2.05) is 19.1 Å². The molecule has 0 aliphatic heterocycles. The zero-order valence-corrected chi connectivity index (χ0v) is 10.6. The van der Waals surface area contributed by atoms with Crippen LogP contribution >= 0.6 is 12.2 Å². The molecule has 0 spiro atoms. The van der Waals surface area contributed by atoms with Crippen LogP contribution in [0.2, 0.25) is 0 Å². The van der Waals surface area contributed by atoms with E-state index in [9.17, 15) is 4.79 Å². The van der Waals surface area contributed by atoms with Crippen molar-refractivity contribution in [2.24, 2.45) is 5.73 Å².